The smallest absolute Gasteiger partial charge is 0.138 e. The molecule has 2 aliphatic rings. The zero-order valence-electron chi connectivity index (χ0n) is 13.9. The van der Waals surface area contributed by atoms with Crippen molar-refractivity contribution in [1.29, 1.82) is 0 Å². The van der Waals surface area contributed by atoms with Crippen LogP contribution in [0.25, 0.3) is 0 Å². The van der Waals surface area contributed by atoms with E-state index in [0.717, 1.165) is 36.4 Å². The molecule has 1 aliphatic carbocycles. The first-order valence-corrected chi connectivity index (χ1v) is 8.51. The lowest BCUT2D eigenvalue weighted by molar-refractivity contribution is 0.274. The van der Waals surface area contributed by atoms with Crippen LogP contribution in [0.5, 0.6) is 0 Å². The number of hydrogen-bond acceptors (Lipinski definition) is 6. The third kappa shape index (κ3) is 3.22. The second-order valence-electron chi connectivity index (χ2n) is 6.58. The van der Waals surface area contributed by atoms with Gasteiger partial charge in [0, 0.05) is 24.4 Å². The van der Waals surface area contributed by atoms with E-state index in [1.54, 1.807) is 12.4 Å². The first-order valence-electron chi connectivity index (χ1n) is 8.51. The van der Waals surface area contributed by atoms with Gasteiger partial charge < -0.3 is 16.4 Å². The van der Waals surface area contributed by atoms with E-state index >= 15 is 0 Å². The Morgan fingerprint density at radius 2 is 2.04 bits per heavy atom. The van der Waals surface area contributed by atoms with E-state index in [4.69, 9.17) is 5.73 Å². The summed E-state index contributed by atoms with van der Waals surface area (Å²) >= 11 is 0. The summed E-state index contributed by atoms with van der Waals surface area (Å²) in [4.78, 5) is 12.7. The fraction of sp³-hybridized carbons (Fsp3) is 0.588. The minimum atomic E-state index is -0.604. The second kappa shape index (κ2) is 6.66. The van der Waals surface area contributed by atoms with Gasteiger partial charge >= 0.3 is 0 Å². The van der Waals surface area contributed by atoms with E-state index in [1.807, 2.05) is 6.20 Å². The molecule has 1 saturated carbocycles. The van der Waals surface area contributed by atoms with Crippen LogP contribution < -0.4 is 16.4 Å². The predicted molar refractivity (Wildman–Crippen MR) is 91.6 cm³/mol. The van der Waals surface area contributed by atoms with Gasteiger partial charge in [-0.05, 0) is 26.2 Å². The van der Waals surface area contributed by atoms with Gasteiger partial charge in [-0.15, -0.1) is 0 Å². The van der Waals surface area contributed by atoms with Crippen LogP contribution in [-0.4, -0.2) is 27.5 Å². The van der Waals surface area contributed by atoms with Gasteiger partial charge in [0.15, 0.2) is 0 Å². The molecular formula is C17H26N6. The molecule has 1 aromatic rings. The standard InChI is InChI=1S/C17H26N6/c1-3-12(2)22-15-10-21-16(13-8-19-11-20-9-13)23-17(15,18)14-6-4-5-7-14/h8-12,14,22H,3-7,18H2,1-2H3,(H,21,23). The van der Waals surface area contributed by atoms with Gasteiger partial charge in [-0.3, -0.25) is 0 Å². The van der Waals surface area contributed by atoms with E-state index in [1.165, 1.54) is 19.2 Å². The average molecular weight is 314 g/mol. The molecule has 4 N–H and O–H groups in total. The quantitative estimate of drug-likeness (QED) is 0.772. The molecular weight excluding hydrogens is 288 g/mol. The Balaban J connectivity index is 1.92. The highest BCUT2D eigenvalue weighted by Gasteiger charge is 2.43. The predicted octanol–water partition coefficient (Wildman–Crippen LogP) is 1.90. The van der Waals surface area contributed by atoms with Gasteiger partial charge in [0.25, 0.3) is 0 Å². The third-order valence-electron chi connectivity index (χ3n) is 4.94. The summed E-state index contributed by atoms with van der Waals surface area (Å²) in [6.07, 6.45) is 12.7. The molecule has 0 spiro atoms. The number of aromatic nitrogens is 2. The van der Waals surface area contributed by atoms with Crippen molar-refractivity contribution in [2.75, 3.05) is 0 Å². The topological polar surface area (TPSA) is 88.2 Å². The Morgan fingerprint density at radius 1 is 1.35 bits per heavy atom. The molecule has 1 fully saturated rings. The fourth-order valence-electron chi connectivity index (χ4n) is 3.33. The molecule has 2 atom stereocenters. The maximum atomic E-state index is 6.88. The number of hydrogen-bond donors (Lipinski definition) is 3. The third-order valence-corrected chi connectivity index (χ3v) is 4.94. The van der Waals surface area contributed by atoms with E-state index in [-0.39, 0.29) is 0 Å². The summed E-state index contributed by atoms with van der Waals surface area (Å²) in [5, 5.41) is 7.03. The molecule has 1 aromatic heterocycles. The van der Waals surface area contributed by atoms with Gasteiger partial charge in [-0.25, -0.2) is 15.0 Å². The zero-order valence-corrected chi connectivity index (χ0v) is 13.9. The lowest BCUT2D eigenvalue weighted by Crippen LogP contribution is -2.65. The van der Waals surface area contributed by atoms with Gasteiger partial charge in [0.2, 0.25) is 0 Å². The number of nitrogens with two attached hydrogens (primary N) is 1. The average Bonchev–Trinajstić information content (AvgIpc) is 3.12. The second-order valence-corrected chi connectivity index (χ2v) is 6.58. The molecule has 2 heterocycles. The first-order chi connectivity index (χ1) is 11.1. The highest BCUT2D eigenvalue weighted by molar-refractivity contribution is 6.00. The van der Waals surface area contributed by atoms with Crippen molar-refractivity contribution in [3.63, 3.8) is 0 Å². The summed E-state index contributed by atoms with van der Waals surface area (Å²) < 4.78 is 0. The van der Waals surface area contributed by atoms with Crippen LogP contribution in [0, 0.1) is 5.92 Å². The number of rotatable bonds is 5. The van der Waals surface area contributed by atoms with E-state index in [0.29, 0.717) is 12.0 Å². The van der Waals surface area contributed by atoms with E-state index in [9.17, 15) is 0 Å². The SMILES string of the molecule is CCC(C)NC1=CN=C(c2cncnc2)NC1(N)C1CCCC1. The van der Waals surface area contributed by atoms with Gasteiger partial charge in [0.05, 0.1) is 17.5 Å². The Morgan fingerprint density at radius 3 is 2.70 bits per heavy atom. The van der Waals surface area contributed by atoms with Crippen LogP contribution in [0.3, 0.4) is 0 Å². The van der Waals surface area contributed by atoms with Crippen LogP contribution in [0.1, 0.15) is 51.5 Å². The van der Waals surface area contributed by atoms with E-state index in [2.05, 4.69) is 39.4 Å². The number of nitrogens with zero attached hydrogens (tertiary/aromatic N) is 3. The van der Waals surface area contributed by atoms with Gasteiger partial charge in [-0.1, -0.05) is 19.8 Å². The Bertz CT molecular complexity index is 590. The summed E-state index contributed by atoms with van der Waals surface area (Å²) in [6.45, 7) is 4.33. The van der Waals surface area contributed by atoms with Crippen LogP contribution in [0.15, 0.2) is 35.6 Å². The minimum Gasteiger partial charge on any atom is -0.382 e. The van der Waals surface area contributed by atoms with Crippen molar-refractivity contribution >= 4 is 5.84 Å². The largest absolute Gasteiger partial charge is 0.382 e. The van der Waals surface area contributed by atoms with Crippen LogP contribution in [0.4, 0.5) is 0 Å². The van der Waals surface area contributed by atoms with Crippen molar-refractivity contribution in [3.8, 4) is 0 Å². The Hall–Kier alpha value is -1.95. The van der Waals surface area contributed by atoms with Crippen LogP contribution >= 0.6 is 0 Å². The zero-order chi connectivity index (χ0) is 16.3. The molecule has 0 saturated heterocycles. The number of aliphatic imine (C=N–C) groups is 1. The van der Waals surface area contributed by atoms with E-state index < -0.39 is 5.66 Å². The van der Waals surface area contributed by atoms with Crippen molar-refractivity contribution in [2.24, 2.45) is 16.6 Å². The Labute approximate surface area is 137 Å². The lowest BCUT2D eigenvalue weighted by atomic mass is 9.87. The fourth-order valence-corrected chi connectivity index (χ4v) is 3.33. The van der Waals surface area contributed by atoms with Crippen LogP contribution in [-0.2, 0) is 0 Å². The van der Waals surface area contributed by atoms with Gasteiger partial charge in [-0.2, -0.15) is 0 Å². The first kappa shape index (κ1) is 15.9. The summed E-state index contributed by atoms with van der Waals surface area (Å²) in [6, 6.07) is 0.365. The molecule has 6 heteroatoms. The van der Waals surface area contributed by atoms with Crippen molar-refractivity contribution in [2.45, 2.75) is 57.7 Å². The molecule has 0 radical (unpaired) electrons. The van der Waals surface area contributed by atoms with Crippen molar-refractivity contribution in [1.82, 2.24) is 20.6 Å². The number of nitrogens with one attached hydrogen (secondary N) is 2. The molecule has 0 bridgehead atoms. The molecule has 0 aromatic carbocycles. The molecule has 124 valence electrons. The molecule has 3 rings (SSSR count). The highest BCUT2D eigenvalue weighted by Crippen LogP contribution is 2.36. The molecule has 6 nitrogen and oxygen atoms in total. The molecule has 0 amide bonds. The minimum absolute atomic E-state index is 0.365. The van der Waals surface area contributed by atoms with Gasteiger partial charge in [0.1, 0.15) is 17.8 Å². The molecule has 1 aliphatic heterocycles. The monoisotopic (exact) mass is 314 g/mol. The van der Waals surface area contributed by atoms with Crippen LogP contribution in [0.2, 0.25) is 0 Å². The number of amidine groups is 1. The van der Waals surface area contributed by atoms with Crippen molar-refractivity contribution in [3.05, 3.63) is 36.2 Å². The maximum Gasteiger partial charge on any atom is 0.138 e. The summed E-state index contributed by atoms with van der Waals surface area (Å²) in [7, 11) is 0. The normalized spacial score (nSPS) is 26.2. The Kier molecular flexibility index (Phi) is 4.61. The maximum absolute atomic E-state index is 6.88. The molecule has 2 unspecified atom stereocenters. The lowest BCUT2D eigenvalue weighted by Gasteiger charge is -2.42. The highest BCUT2D eigenvalue weighted by atomic mass is 15.2. The summed E-state index contributed by atoms with van der Waals surface area (Å²) in [5.74, 6) is 1.15. The van der Waals surface area contributed by atoms with Crippen molar-refractivity contribution < 1.29 is 0 Å². The summed E-state index contributed by atoms with van der Waals surface area (Å²) in [5.41, 5.74) is 8.12. The molecule has 23 heavy (non-hydrogen) atoms.